The van der Waals surface area contributed by atoms with E-state index >= 15 is 0 Å². The molecule has 0 radical (unpaired) electrons. The zero-order valence-electron chi connectivity index (χ0n) is 16.2. The van der Waals surface area contributed by atoms with Gasteiger partial charge >= 0.3 is 0 Å². The summed E-state index contributed by atoms with van der Waals surface area (Å²) in [6.45, 7) is 1.26. The van der Waals surface area contributed by atoms with Crippen molar-refractivity contribution >= 4 is 15.9 Å². The first-order valence-electron chi connectivity index (χ1n) is 10.4. The molecule has 0 unspecified atom stereocenters. The van der Waals surface area contributed by atoms with Gasteiger partial charge < -0.3 is 5.32 Å². The Bertz CT molecular complexity index is 701. The van der Waals surface area contributed by atoms with E-state index in [1.54, 1.807) is 28.6 Å². The van der Waals surface area contributed by atoms with E-state index in [1.807, 2.05) is 0 Å². The quantitative estimate of drug-likeness (QED) is 0.828. The van der Waals surface area contributed by atoms with Crippen LogP contribution in [0.3, 0.4) is 0 Å². The molecule has 0 spiro atoms. The second kappa shape index (κ2) is 9.69. The molecule has 3 rings (SSSR count). The van der Waals surface area contributed by atoms with Gasteiger partial charge in [0.15, 0.2) is 0 Å². The number of nitrogens with zero attached hydrogens (tertiary/aromatic N) is 1. The molecule has 1 aromatic carbocycles. The van der Waals surface area contributed by atoms with Crippen molar-refractivity contribution in [1.82, 2.24) is 9.62 Å². The molecule has 1 aliphatic carbocycles. The Hall–Kier alpha value is -1.40. The molecule has 27 heavy (non-hydrogen) atoms. The van der Waals surface area contributed by atoms with Gasteiger partial charge in [-0.15, -0.1) is 0 Å². The summed E-state index contributed by atoms with van der Waals surface area (Å²) >= 11 is 0. The summed E-state index contributed by atoms with van der Waals surface area (Å²) in [5, 5.41) is 3.16. The number of carbonyl (C=O) groups is 1. The average molecular weight is 393 g/mol. The second-order valence-electron chi connectivity index (χ2n) is 7.93. The number of hydrogen-bond donors (Lipinski definition) is 1. The molecule has 1 aromatic rings. The first-order chi connectivity index (χ1) is 13.0. The van der Waals surface area contributed by atoms with Crippen molar-refractivity contribution in [3.63, 3.8) is 0 Å². The zero-order valence-corrected chi connectivity index (χ0v) is 17.0. The Kier molecular flexibility index (Phi) is 7.30. The van der Waals surface area contributed by atoms with E-state index in [0.29, 0.717) is 18.7 Å². The molecule has 1 heterocycles. The van der Waals surface area contributed by atoms with E-state index in [-0.39, 0.29) is 17.7 Å². The average Bonchev–Trinajstić information content (AvgIpc) is 2.65. The SMILES string of the molecule is O=C(NC1CCCCCCC1)c1ccc(CS(=O)(=O)N2CCCCC2)cc1. The van der Waals surface area contributed by atoms with Crippen LogP contribution in [-0.2, 0) is 15.8 Å². The van der Waals surface area contributed by atoms with Gasteiger partial charge in [-0.1, -0.05) is 50.7 Å². The smallest absolute Gasteiger partial charge is 0.251 e. The van der Waals surface area contributed by atoms with E-state index < -0.39 is 10.0 Å². The maximum atomic E-state index is 12.5. The minimum Gasteiger partial charge on any atom is -0.349 e. The van der Waals surface area contributed by atoms with Crippen LogP contribution in [0.4, 0.5) is 0 Å². The van der Waals surface area contributed by atoms with Gasteiger partial charge in [0.2, 0.25) is 10.0 Å². The second-order valence-corrected chi connectivity index (χ2v) is 9.90. The van der Waals surface area contributed by atoms with E-state index in [4.69, 9.17) is 0 Å². The Balaban J connectivity index is 1.56. The summed E-state index contributed by atoms with van der Waals surface area (Å²) in [5.74, 6) is -0.0386. The molecular weight excluding hydrogens is 360 g/mol. The maximum absolute atomic E-state index is 12.5. The van der Waals surface area contributed by atoms with Gasteiger partial charge in [0, 0.05) is 24.7 Å². The number of rotatable bonds is 5. The predicted octanol–water partition coefficient (Wildman–Crippen LogP) is 3.85. The molecule has 2 fully saturated rings. The van der Waals surface area contributed by atoms with Crippen molar-refractivity contribution in [3.8, 4) is 0 Å². The molecule has 0 bridgehead atoms. The number of carbonyl (C=O) groups excluding carboxylic acids is 1. The van der Waals surface area contributed by atoms with Crippen LogP contribution in [0.1, 0.15) is 80.1 Å². The standard InChI is InChI=1S/C21H32N2O3S/c24-21(22-20-9-5-2-1-3-6-10-20)19-13-11-18(12-14-19)17-27(25,26)23-15-7-4-8-16-23/h11-14,20H,1-10,15-17H2,(H,22,24). The van der Waals surface area contributed by atoms with Gasteiger partial charge in [0.25, 0.3) is 5.91 Å². The molecule has 5 nitrogen and oxygen atoms in total. The number of benzene rings is 1. The van der Waals surface area contributed by atoms with Gasteiger partial charge in [-0.25, -0.2) is 12.7 Å². The Labute approximate surface area is 163 Å². The lowest BCUT2D eigenvalue weighted by Crippen LogP contribution is -2.36. The van der Waals surface area contributed by atoms with Crippen molar-refractivity contribution in [2.75, 3.05) is 13.1 Å². The fourth-order valence-corrected chi connectivity index (χ4v) is 5.68. The first kappa shape index (κ1) is 20.3. The first-order valence-corrected chi connectivity index (χ1v) is 12.0. The number of amides is 1. The van der Waals surface area contributed by atoms with Gasteiger partial charge in [0.1, 0.15) is 0 Å². The monoisotopic (exact) mass is 392 g/mol. The van der Waals surface area contributed by atoms with Crippen LogP contribution in [0, 0.1) is 0 Å². The Morgan fingerprint density at radius 2 is 1.44 bits per heavy atom. The highest BCUT2D eigenvalue weighted by Gasteiger charge is 2.24. The lowest BCUT2D eigenvalue weighted by Gasteiger charge is -2.25. The van der Waals surface area contributed by atoms with E-state index in [0.717, 1.165) is 37.7 Å². The molecule has 6 heteroatoms. The van der Waals surface area contributed by atoms with Crippen LogP contribution in [0.5, 0.6) is 0 Å². The van der Waals surface area contributed by atoms with E-state index in [9.17, 15) is 13.2 Å². The molecule has 0 aromatic heterocycles. The maximum Gasteiger partial charge on any atom is 0.251 e. The lowest BCUT2D eigenvalue weighted by atomic mass is 9.96. The topological polar surface area (TPSA) is 66.5 Å². The highest BCUT2D eigenvalue weighted by molar-refractivity contribution is 7.88. The van der Waals surface area contributed by atoms with Crippen molar-refractivity contribution in [1.29, 1.82) is 0 Å². The Morgan fingerprint density at radius 3 is 2.07 bits per heavy atom. The Morgan fingerprint density at radius 1 is 0.889 bits per heavy atom. The van der Waals surface area contributed by atoms with Crippen molar-refractivity contribution in [2.24, 2.45) is 0 Å². The van der Waals surface area contributed by atoms with Crippen LogP contribution >= 0.6 is 0 Å². The van der Waals surface area contributed by atoms with Crippen molar-refractivity contribution in [3.05, 3.63) is 35.4 Å². The minimum absolute atomic E-state index is 0.0114. The molecule has 2 aliphatic rings. The van der Waals surface area contributed by atoms with E-state index in [2.05, 4.69) is 5.32 Å². The molecule has 1 amide bonds. The molecular formula is C21H32N2O3S. The summed E-state index contributed by atoms with van der Waals surface area (Å²) in [6, 6.07) is 7.30. The highest BCUT2D eigenvalue weighted by atomic mass is 32.2. The summed E-state index contributed by atoms with van der Waals surface area (Å²) in [5.41, 5.74) is 1.35. The van der Waals surface area contributed by atoms with Crippen LogP contribution in [0.25, 0.3) is 0 Å². The summed E-state index contributed by atoms with van der Waals surface area (Å²) in [6.07, 6.45) is 11.3. The molecule has 1 saturated carbocycles. The zero-order chi connectivity index (χ0) is 19.1. The minimum atomic E-state index is -3.27. The number of nitrogens with one attached hydrogen (secondary N) is 1. The molecule has 1 aliphatic heterocycles. The largest absolute Gasteiger partial charge is 0.349 e. The van der Waals surface area contributed by atoms with Crippen LogP contribution < -0.4 is 5.32 Å². The fourth-order valence-electron chi connectivity index (χ4n) is 4.07. The van der Waals surface area contributed by atoms with Crippen LogP contribution in [0.15, 0.2) is 24.3 Å². The normalized spacial score (nSPS) is 20.6. The summed E-state index contributed by atoms with van der Waals surface area (Å²) in [4.78, 5) is 12.5. The van der Waals surface area contributed by atoms with E-state index in [1.165, 1.54) is 32.1 Å². The number of hydrogen-bond acceptors (Lipinski definition) is 3. The third-order valence-electron chi connectivity index (χ3n) is 5.71. The molecule has 0 atom stereocenters. The molecule has 1 N–H and O–H groups in total. The number of sulfonamides is 1. The fraction of sp³-hybridized carbons (Fsp3) is 0.667. The van der Waals surface area contributed by atoms with Crippen molar-refractivity contribution < 1.29 is 13.2 Å². The summed E-state index contributed by atoms with van der Waals surface area (Å²) in [7, 11) is -3.27. The third-order valence-corrected chi connectivity index (χ3v) is 7.56. The van der Waals surface area contributed by atoms with Crippen molar-refractivity contribution in [2.45, 2.75) is 76.0 Å². The van der Waals surface area contributed by atoms with Gasteiger partial charge in [-0.2, -0.15) is 0 Å². The number of piperidine rings is 1. The third kappa shape index (κ3) is 6.04. The van der Waals surface area contributed by atoms with Gasteiger partial charge in [-0.05, 0) is 43.4 Å². The lowest BCUT2D eigenvalue weighted by molar-refractivity contribution is 0.0930. The molecule has 150 valence electrons. The summed E-state index contributed by atoms with van der Waals surface area (Å²) < 4.78 is 26.7. The highest BCUT2D eigenvalue weighted by Crippen LogP contribution is 2.19. The van der Waals surface area contributed by atoms with Crippen LogP contribution in [-0.4, -0.2) is 37.8 Å². The molecule has 1 saturated heterocycles. The predicted molar refractivity (Wildman–Crippen MR) is 108 cm³/mol. The van der Waals surface area contributed by atoms with Gasteiger partial charge in [0.05, 0.1) is 5.75 Å². The van der Waals surface area contributed by atoms with Gasteiger partial charge in [-0.3, -0.25) is 4.79 Å². The van der Waals surface area contributed by atoms with Crippen LogP contribution in [0.2, 0.25) is 0 Å².